The first-order valence-corrected chi connectivity index (χ1v) is 6.58. The van der Waals surface area contributed by atoms with E-state index in [4.69, 9.17) is 10.5 Å². The van der Waals surface area contributed by atoms with Gasteiger partial charge >= 0.3 is 0 Å². The van der Waals surface area contributed by atoms with Gasteiger partial charge in [0.05, 0.1) is 12.5 Å². The Labute approximate surface area is 114 Å². The average molecular weight is 262 g/mol. The Morgan fingerprint density at radius 1 is 1.37 bits per heavy atom. The van der Waals surface area contributed by atoms with E-state index in [1.165, 1.54) is 0 Å². The van der Waals surface area contributed by atoms with Crippen LogP contribution in [0.15, 0.2) is 12.1 Å². The Hall–Kier alpha value is -1.55. The Morgan fingerprint density at radius 3 is 2.47 bits per heavy atom. The summed E-state index contributed by atoms with van der Waals surface area (Å²) in [6.07, 6.45) is 1.81. The maximum absolute atomic E-state index is 12.5. The zero-order chi connectivity index (χ0) is 14.2. The van der Waals surface area contributed by atoms with Gasteiger partial charge in [-0.15, -0.1) is 0 Å². The van der Waals surface area contributed by atoms with Crippen molar-refractivity contribution in [1.82, 2.24) is 0 Å². The normalized spacial score (nSPS) is 16.1. The van der Waals surface area contributed by atoms with E-state index < -0.39 is 0 Å². The maximum atomic E-state index is 12.5. The van der Waals surface area contributed by atoms with E-state index in [-0.39, 0.29) is 11.3 Å². The van der Waals surface area contributed by atoms with Crippen LogP contribution in [0.3, 0.4) is 0 Å². The predicted octanol–water partition coefficient (Wildman–Crippen LogP) is 2.01. The number of nitrogens with zero attached hydrogens (tertiary/aromatic N) is 1. The van der Waals surface area contributed by atoms with Gasteiger partial charge in [-0.25, -0.2) is 0 Å². The summed E-state index contributed by atoms with van der Waals surface area (Å²) in [6.45, 7) is 4.41. The summed E-state index contributed by atoms with van der Waals surface area (Å²) >= 11 is 0. The van der Waals surface area contributed by atoms with Crippen molar-refractivity contribution < 1.29 is 9.53 Å². The summed E-state index contributed by atoms with van der Waals surface area (Å²) in [6, 6.07) is 3.97. The van der Waals surface area contributed by atoms with E-state index in [9.17, 15) is 4.79 Å². The molecular weight excluding hydrogens is 240 g/mol. The van der Waals surface area contributed by atoms with Gasteiger partial charge in [0.25, 0.3) is 0 Å². The molecule has 1 saturated carbocycles. The minimum atomic E-state index is -0.310. The highest BCUT2D eigenvalue weighted by Gasteiger charge is 2.50. The molecule has 0 aliphatic heterocycles. The number of anilines is 1. The molecule has 2 rings (SSSR count). The Kier molecular flexibility index (Phi) is 3.54. The first kappa shape index (κ1) is 13.9. The van der Waals surface area contributed by atoms with Crippen molar-refractivity contribution in [2.45, 2.75) is 26.7 Å². The van der Waals surface area contributed by atoms with Gasteiger partial charge in [0.2, 0.25) is 5.91 Å². The van der Waals surface area contributed by atoms with Crippen LogP contribution in [0.2, 0.25) is 0 Å². The molecule has 19 heavy (non-hydrogen) atoms. The second kappa shape index (κ2) is 4.85. The van der Waals surface area contributed by atoms with E-state index in [2.05, 4.69) is 0 Å². The van der Waals surface area contributed by atoms with Crippen molar-refractivity contribution in [3.05, 3.63) is 23.3 Å². The molecule has 0 bridgehead atoms. The van der Waals surface area contributed by atoms with Gasteiger partial charge in [-0.2, -0.15) is 0 Å². The van der Waals surface area contributed by atoms with Gasteiger partial charge in [-0.1, -0.05) is 0 Å². The Morgan fingerprint density at radius 2 is 2.00 bits per heavy atom. The fraction of sp³-hybridized carbons (Fsp3) is 0.533. The van der Waals surface area contributed by atoms with Gasteiger partial charge < -0.3 is 15.4 Å². The molecule has 104 valence electrons. The zero-order valence-electron chi connectivity index (χ0n) is 12.1. The van der Waals surface area contributed by atoms with Crippen LogP contribution < -0.4 is 15.4 Å². The highest BCUT2D eigenvalue weighted by Crippen LogP contribution is 2.46. The number of carbonyl (C=O) groups is 1. The second-order valence-electron chi connectivity index (χ2n) is 5.46. The molecule has 2 N–H and O–H groups in total. The summed E-state index contributed by atoms with van der Waals surface area (Å²) in [4.78, 5) is 14.2. The average Bonchev–Trinajstić information content (AvgIpc) is 3.20. The number of nitrogens with two attached hydrogens (primary N) is 1. The second-order valence-corrected chi connectivity index (χ2v) is 5.46. The Bertz CT molecular complexity index is 507. The van der Waals surface area contributed by atoms with Crippen LogP contribution in [0, 0.1) is 19.3 Å². The SMILES string of the molecule is COc1cc(C)c(N(C)C(=O)C2(CN)CC2)cc1C. The fourth-order valence-corrected chi connectivity index (χ4v) is 2.48. The standard InChI is InChI=1S/C15H22N2O2/c1-10-8-13(19-4)11(2)7-12(10)17(3)14(18)15(9-16)5-6-15/h7-8H,5-6,9,16H2,1-4H3. The molecule has 1 aromatic carbocycles. The number of benzene rings is 1. The predicted molar refractivity (Wildman–Crippen MR) is 76.6 cm³/mol. The van der Waals surface area contributed by atoms with Gasteiger partial charge in [-0.3, -0.25) is 4.79 Å². The number of ether oxygens (including phenoxy) is 1. The first-order chi connectivity index (χ1) is 8.95. The molecule has 0 aromatic heterocycles. The number of amides is 1. The molecule has 1 aromatic rings. The molecule has 4 heteroatoms. The molecule has 1 fully saturated rings. The molecule has 0 unspecified atom stereocenters. The van der Waals surface area contributed by atoms with E-state index in [0.717, 1.165) is 35.4 Å². The lowest BCUT2D eigenvalue weighted by Crippen LogP contribution is -2.38. The monoisotopic (exact) mass is 262 g/mol. The molecule has 1 aliphatic rings. The molecule has 0 heterocycles. The van der Waals surface area contributed by atoms with Crippen LogP contribution in [0.4, 0.5) is 5.69 Å². The van der Waals surface area contributed by atoms with E-state index in [1.54, 1.807) is 12.0 Å². The summed E-state index contributed by atoms with van der Waals surface area (Å²) in [5.74, 6) is 0.977. The number of carbonyl (C=O) groups excluding carboxylic acids is 1. The Balaban J connectivity index is 2.31. The van der Waals surface area contributed by atoms with Crippen LogP contribution in [0.5, 0.6) is 5.75 Å². The molecule has 0 spiro atoms. The third-order valence-electron chi connectivity index (χ3n) is 4.08. The quantitative estimate of drug-likeness (QED) is 0.903. The van der Waals surface area contributed by atoms with Gasteiger partial charge in [0.15, 0.2) is 0 Å². The van der Waals surface area contributed by atoms with E-state index in [1.807, 2.05) is 33.0 Å². The zero-order valence-corrected chi connectivity index (χ0v) is 12.1. The van der Waals surface area contributed by atoms with Crippen LogP contribution in [-0.4, -0.2) is 26.6 Å². The van der Waals surface area contributed by atoms with Crippen molar-refractivity contribution in [3.8, 4) is 5.75 Å². The fourth-order valence-electron chi connectivity index (χ4n) is 2.48. The van der Waals surface area contributed by atoms with Crippen LogP contribution in [0.1, 0.15) is 24.0 Å². The van der Waals surface area contributed by atoms with Gasteiger partial charge in [0, 0.05) is 19.3 Å². The van der Waals surface area contributed by atoms with Gasteiger partial charge in [0.1, 0.15) is 5.75 Å². The smallest absolute Gasteiger partial charge is 0.234 e. The third-order valence-corrected chi connectivity index (χ3v) is 4.08. The maximum Gasteiger partial charge on any atom is 0.234 e. The highest BCUT2D eigenvalue weighted by molar-refractivity contribution is 5.99. The molecule has 0 saturated heterocycles. The van der Waals surface area contributed by atoms with Crippen LogP contribution in [0.25, 0.3) is 0 Å². The molecule has 1 amide bonds. The van der Waals surface area contributed by atoms with E-state index >= 15 is 0 Å². The number of hydrogen-bond acceptors (Lipinski definition) is 3. The topological polar surface area (TPSA) is 55.6 Å². The summed E-state index contributed by atoms with van der Waals surface area (Å²) in [5.41, 5.74) is 8.42. The lowest BCUT2D eigenvalue weighted by molar-refractivity contribution is -0.123. The molecule has 1 aliphatic carbocycles. The largest absolute Gasteiger partial charge is 0.496 e. The van der Waals surface area contributed by atoms with Crippen molar-refractivity contribution in [3.63, 3.8) is 0 Å². The molecule has 0 radical (unpaired) electrons. The van der Waals surface area contributed by atoms with Crippen molar-refractivity contribution in [2.24, 2.45) is 11.1 Å². The number of methoxy groups -OCH3 is 1. The molecule has 4 nitrogen and oxygen atoms in total. The van der Waals surface area contributed by atoms with Crippen molar-refractivity contribution in [1.29, 1.82) is 0 Å². The lowest BCUT2D eigenvalue weighted by atomic mass is 10.0. The minimum Gasteiger partial charge on any atom is -0.496 e. The number of rotatable bonds is 4. The van der Waals surface area contributed by atoms with Crippen molar-refractivity contribution in [2.75, 3.05) is 25.6 Å². The van der Waals surface area contributed by atoms with Crippen LogP contribution in [-0.2, 0) is 4.79 Å². The first-order valence-electron chi connectivity index (χ1n) is 6.58. The molecular formula is C15H22N2O2. The molecule has 0 atom stereocenters. The summed E-state index contributed by atoms with van der Waals surface area (Å²) in [7, 11) is 3.48. The van der Waals surface area contributed by atoms with Crippen molar-refractivity contribution >= 4 is 11.6 Å². The summed E-state index contributed by atoms with van der Waals surface area (Å²) < 4.78 is 5.30. The van der Waals surface area contributed by atoms with E-state index in [0.29, 0.717) is 6.54 Å². The highest BCUT2D eigenvalue weighted by atomic mass is 16.5. The number of hydrogen-bond donors (Lipinski definition) is 1. The van der Waals surface area contributed by atoms with Crippen LogP contribution >= 0.6 is 0 Å². The number of aryl methyl sites for hydroxylation is 2. The summed E-state index contributed by atoms with van der Waals surface area (Å²) in [5, 5.41) is 0. The third kappa shape index (κ3) is 2.32. The minimum absolute atomic E-state index is 0.127. The van der Waals surface area contributed by atoms with Gasteiger partial charge in [-0.05, 0) is 49.9 Å². The lowest BCUT2D eigenvalue weighted by Gasteiger charge is -2.25.